The van der Waals surface area contributed by atoms with Gasteiger partial charge in [-0.3, -0.25) is 0 Å². The lowest BCUT2D eigenvalue weighted by Gasteiger charge is -2.24. The molecule has 58 heavy (non-hydrogen) atoms. The predicted octanol–water partition coefficient (Wildman–Crippen LogP) is 13.7. The van der Waals surface area contributed by atoms with Crippen LogP contribution in [0.5, 0.6) is 0 Å². The van der Waals surface area contributed by atoms with Crippen LogP contribution in [0.1, 0.15) is 115 Å². The van der Waals surface area contributed by atoms with E-state index in [0.717, 1.165) is 39.4 Å². The lowest BCUT2D eigenvalue weighted by molar-refractivity contribution is 0.590. The van der Waals surface area contributed by atoms with Gasteiger partial charge in [0, 0.05) is 28.1 Å². The standard InChI is InChI=1S/C56H56BN/c1-33-29-34(2)47(35(3)30-33)52-51-46(50-42-18-12-11-16-39(42)31-45(50)48(51)37-21-25-40(26-22-37)55(4,5)6)32-57-58-53-43-19-13-10-15-36(43)17-14-20-44(53)49(54(52)58)38-23-27-41(28-24-38)56(7,8)9/h10-13,15-16,18-19,21-30,57H,14,17,20,31-32H2,1-9H3. The van der Waals surface area contributed by atoms with Crippen molar-refractivity contribution in [1.82, 2.24) is 4.48 Å². The molecule has 0 saturated carbocycles. The summed E-state index contributed by atoms with van der Waals surface area (Å²) in [5.41, 5.74) is 31.5. The van der Waals surface area contributed by atoms with Gasteiger partial charge in [-0.25, -0.2) is 0 Å². The SMILES string of the molecule is Cc1cc(C)c(C2=C3C(=C4C(=C3c3ccc(C(C)(C)C)cc3)Cc3ccccc34)CBn3c2c(-c2ccc(C(C)(C)C)cc2)c2c3-c3ccccc3CCC2)c(C)c1. The van der Waals surface area contributed by atoms with E-state index in [0.29, 0.717) is 0 Å². The molecule has 0 amide bonds. The normalized spacial score (nSPS) is 15.9. The summed E-state index contributed by atoms with van der Waals surface area (Å²) in [5, 5.41) is 0. The van der Waals surface area contributed by atoms with Gasteiger partial charge in [0.15, 0.2) is 0 Å². The highest BCUT2D eigenvalue weighted by Gasteiger charge is 2.42. The topological polar surface area (TPSA) is 4.93 Å². The lowest BCUT2D eigenvalue weighted by Crippen LogP contribution is -2.12. The van der Waals surface area contributed by atoms with E-state index in [1.807, 2.05) is 0 Å². The quantitative estimate of drug-likeness (QED) is 0.159. The largest absolute Gasteiger partial charge is 0.388 e. The summed E-state index contributed by atoms with van der Waals surface area (Å²) in [6.07, 6.45) is 5.28. The number of hydrogen-bond donors (Lipinski definition) is 0. The summed E-state index contributed by atoms with van der Waals surface area (Å²) < 4.78 is 2.81. The maximum Gasteiger partial charge on any atom is 0.246 e. The van der Waals surface area contributed by atoms with Gasteiger partial charge >= 0.3 is 0 Å². The van der Waals surface area contributed by atoms with Crippen LogP contribution in [0.25, 0.3) is 39.1 Å². The number of fused-ring (bicyclic) bond motifs is 9. The average Bonchev–Trinajstić information content (AvgIpc) is 3.72. The fraction of sp³-hybridized carbons (Fsp3) is 0.286. The Morgan fingerprint density at radius 3 is 1.74 bits per heavy atom. The fourth-order valence-corrected chi connectivity index (χ4v) is 11.1. The highest BCUT2D eigenvalue weighted by Crippen LogP contribution is 2.59. The molecule has 4 aliphatic rings. The van der Waals surface area contributed by atoms with Gasteiger partial charge in [0.2, 0.25) is 7.41 Å². The van der Waals surface area contributed by atoms with E-state index in [9.17, 15) is 0 Å². The summed E-state index contributed by atoms with van der Waals surface area (Å²) in [7, 11) is 0.938. The highest BCUT2D eigenvalue weighted by molar-refractivity contribution is 6.40. The Labute approximate surface area is 347 Å². The minimum Gasteiger partial charge on any atom is -0.388 e. The number of aryl methyl sites for hydroxylation is 4. The molecule has 0 bridgehead atoms. The summed E-state index contributed by atoms with van der Waals surface area (Å²) in [5.74, 6) is 0. The van der Waals surface area contributed by atoms with E-state index in [4.69, 9.17) is 0 Å². The molecular formula is C56H56BN. The molecular weight excluding hydrogens is 697 g/mol. The van der Waals surface area contributed by atoms with E-state index in [1.165, 1.54) is 123 Å². The highest BCUT2D eigenvalue weighted by atomic mass is 14.9. The van der Waals surface area contributed by atoms with Crippen LogP contribution in [0.2, 0.25) is 6.32 Å². The minimum absolute atomic E-state index is 0.0813. The van der Waals surface area contributed by atoms with Crippen molar-refractivity contribution in [1.29, 1.82) is 0 Å². The fourth-order valence-electron chi connectivity index (χ4n) is 11.1. The molecule has 5 aromatic carbocycles. The molecule has 6 aromatic rings. The Bertz CT molecular complexity index is 2760. The number of hydrogen-bond acceptors (Lipinski definition) is 0. The molecule has 0 atom stereocenters. The monoisotopic (exact) mass is 753 g/mol. The van der Waals surface area contributed by atoms with Crippen molar-refractivity contribution in [3.63, 3.8) is 0 Å². The molecule has 0 N–H and O–H groups in total. The summed E-state index contributed by atoms with van der Waals surface area (Å²) in [4.78, 5) is 0. The molecule has 0 saturated heterocycles. The van der Waals surface area contributed by atoms with Crippen LogP contribution < -0.4 is 0 Å². The Morgan fingerprint density at radius 1 is 0.517 bits per heavy atom. The first-order valence-electron chi connectivity index (χ1n) is 21.7. The predicted molar refractivity (Wildman–Crippen MR) is 249 cm³/mol. The first-order chi connectivity index (χ1) is 27.8. The summed E-state index contributed by atoms with van der Waals surface area (Å²) in [6, 6.07) is 42.7. The van der Waals surface area contributed by atoms with Crippen LogP contribution >= 0.6 is 0 Å². The Hall–Kier alpha value is -5.34. The van der Waals surface area contributed by atoms with E-state index >= 15 is 0 Å². The maximum absolute atomic E-state index is 2.81. The van der Waals surface area contributed by atoms with Crippen LogP contribution in [0.4, 0.5) is 0 Å². The molecule has 3 aliphatic carbocycles. The first-order valence-corrected chi connectivity index (χ1v) is 21.7. The molecule has 0 spiro atoms. The third kappa shape index (κ3) is 5.73. The van der Waals surface area contributed by atoms with Gasteiger partial charge in [-0.05, 0) is 153 Å². The molecule has 10 rings (SSSR count). The number of allylic oxidation sites excluding steroid dienone is 5. The third-order valence-electron chi connectivity index (χ3n) is 13.7. The van der Waals surface area contributed by atoms with Crippen LogP contribution in [0.3, 0.4) is 0 Å². The van der Waals surface area contributed by atoms with Gasteiger partial charge in [-0.1, -0.05) is 156 Å². The molecule has 0 unspecified atom stereocenters. The van der Waals surface area contributed by atoms with E-state index in [2.05, 4.69) is 176 Å². The van der Waals surface area contributed by atoms with E-state index in [-0.39, 0.29) is 10.8 Å². The van der Waals surface area contributed by atoms with Crippen molar-refractivity contribution in [2.75, 3.05) is 0 Å². The zero-order valence-corrected chi connectivity index (χ0v) is 36.1. The van der Waals surface area contributed by atoms with Crippen molar-refractivity contribution in [3.8, 4) is 22.4 Å². The van der Waals surface area contributed by atoms with Crippen LogP contribution in [0.15, 0.2) is 126 Å². The third-order valence-corrected chi connectivity index (χ3v) is 13.7. The van der Waals surface area contributed by atoms with Gasteiger partial charge in [-0.2, -0.15) is 0 Å². The first kappa shape index (κ1) is 37.0. The van der Waals surface area contributed by atoms with Crippen LogP contribution in [-0.2, 0) is 30.1 Å². The van der Waals surface area contributed by atoms with Gasteiger partial charge in [0.05, 0.1) is 0 Å². The van der Waals surface area contributed by atoms with E-state index in [1.54, 1.807) is 0 Å². The zero-order valence-electron chi connectivity index (χ0n) is 36.1. The summed E-state index contributed by atoms with van der Waals surface area (Å²) in [6.45, 7) is 20.9. The van der Waals surface area contributed by atoms with Gasteiger partial charge < -0.3 is 4.48 Å². The van der Waals surface area contributed by atoms with Crippen LogP contribution in [-0.4, -0.2) is 11.9 Å². The number of rotatable bonds is 3. The van der Waals surface area contributed by atoms with Crippen molar-refractivity contribution in [2.45, 2.75) is 105 Å². The van der Waals surface area contributed by atoms with Crippen LogP contribution in [0, 0.1) is 20.8 Å². The molecule has 1 nitrogen and oxygen atoms in total. The van der Waals surface area contributed by atoms with Gasteiger partial charge in [0.1, 0.15) is 0 Å². The Kier molecular flexibility index (Phi) is 8.51. The van der Waals surface area contributed by atoms with Gasteiger partial charge in [-0.15, -0.1) is 0 Å². The molecule has 1 aliphatic heterocycles. The molecule has 0 fully saturated rings. The van der Waals surface area contributed by atoms with Crippen molar-refractivity contribution in [2.24, 2.45) is 0 Å². The minimum atomic E-state index is 0.0813. The smallest absolute Gasteiger partial charge is 0.246 e. The second-order valence-corrected chi connectivity index (χ2v) is 19.7. The number of nitrogens with zero attached hydrogens (tertiary/aromatic N) is 1. The van der Waals surface area contributed by atoms with Crippen molar-refractivity contribution >= 4 is 24.1 Å². The summed E-state index contributed by atoms with van der Waals surface area (Å²) >= 11 is 0. The van der Waals surface area contributed by atoms with Crippen molar-refractivity contribution in [3.05, 3.63) is 193 Å². The number of benzene rings is 5. The molecule has 288 valence electrons. The maximum atomic E-state index is 2.81. The van der Waals surface area contributed by atoms with Crippen molar-refractivity contribution < 1.29 is 0 Å². The number of aromatic nitrogens is 1. The zero-order chi connectivity index (χ0) is 40.2. The molecule has 0 radical (unpaired) electrons. The Morgan fingerprint density at radius 2 is 1.10 bits per heavy atom. The molecule has 2 heteroatoms. The molecule has 2 heterocycles. The van der Waals surface area contributed by atoms with Gasteiger partial charge in [0.25, 0.3) is 0 Å². The average molecular weight is 754 g/mol. The second-order valence-electron chi connectivity index (χ2n) is 19.7. The van der Waals surface area contributed by atoms with E-state index < -0.39 is 0 Å². The second kappa shape index (κ2) is 13.4. The Balaban J connectivity index is 1.39. The lowest BCUT2D eigenvalue weighted by atomic mass is 9.77. The molecule has 1 aromatic heterocycles.